The molecule has 0 fully saturated rings. The fourth-order valence-corrected chi connectivity index (χ4v) is 0. The number of rotatable bonds is 0. The Bertz CT molecular complexity index is 109. The van der Waals surface area contributed by atoms with Crippen molar-refractivity contribution in [2.75, 3.05) is 0 Å². The van der Waals surface area contributed by atoms with Crippen LogP contribution in [0.5, 0.6) is 0 Å². The van der Waals surface area contributed by atoms with E-state index in [9.17, 15) is 0 Å². The first-order valence-electron chi connectivity index (χ1n) is 5.78. The van der Waals surface area contributed by atoms with Gasteiger partial charge in [0.2, 0.25) is 0 Å². The summed E-state index contributed by atoms with van der Waals surface area (Å²) in [6.07, 6.45) is 0. The van der Waals surface area contributed by atoms with E-state index in [1.165, 1.54) is 23.8 Å². The molecule has 0 N–H and O–H groups in total. The van der Waals surface area contributed by atoms with Crippen molar-refractivity contribution in [3.8, 4) is 0 Å². The molecule has 0 radical (unpaired) electrons. The van der Waals surface area contributed by atoms with Gasteiger partial charge in [-0.05, 0) is 0 Å². The van der Waals surface area contributed by atoms with Gasteiger partial charge in [-0.3, -0.25) is 0 Å². The van der Waals surface area contributed by atoms with Gasteiger partial charge in [-0.2, -0.15) is 0 Å². The zero-order valence-corrected chi connectivity index (χ0v) is 10.1. The molecule has 0 bridgehead atoms. The molecule has 0 atom stereocenters. The van der Waals surface area contributed by atoms with Gasteiger partial charge in [-0.1, -0.05) is 149 Å². The molecular formula is C20H112I4-2. The second-order valence-electron chi connectivity index (χ2n) is 0. The smallest absolute Gasteiger partial charge is 0 e. The van der Waals surface area contributed by atoms with E-state index in [-0.39, 0.29) is 161 Å². The third kappa shape index (κ3) is 1670. The molecule has 0 aromatic heterocycles. The molecule has 0 aromatic rings. The Kier molecular flexibility index (Phi) is 6390. The minimum atomic E-state index is -3.94. The van der Waals surface area contributed by atoms with Gasteiger partial charge in [0.15, 0.2) is 0 Å². The van der Waals surface area contributed by atoms with Crippen molar-refractivity contribution < 1.29 is 65.5 Å². The second kappa shape index (κ2) is 1890. The first-order chi connectivity index (χ1) is 8.15. The summed E-state index contributed by atoms with van der Waals surface area (Å²) in [5, 5.41) is 0. The van der Waals surface area contributed by atoms with Crippen molar-refractivity contribution in [1.29, 1.82) is 5.94 Å². The van der Waals surface area contributed by atoms with E-state index >= 15 is 0 Å². The molecule has 0 saturated carbocycles. The Morgan fingerprint density at radius 3 is 0.667 bits per heavy atom. The Balaban J connectivity index is -0.00000000101. The average molecular weight is 893 g/mol. The Morgan fingerprint density at radius 2 is 0.667 bits per heavy atom. The molecule has 0 saturated heterocycles. The van der Waals surface area contributed by atoms with Crippen molar-refractivity contribution >= 4 is 47.2 Å². The standard InChI is InChI=1S/20CH4.H4I.H3I.H2I.HI.11H2/h21*1H4;1H3;1H2;12*1H/q;;;;;;;;;;;;;;;;;;;;-1;;-1;;;;;;;;;;;;/i;;;;;;;;;;;;;;;;;;;;1T4;1T3;1T2;;2*1+2T;2*1+2;;;;;;;/hT. The van der Waals surface area contributed by atoms with Crippen LogP contribution in [0, 0.1) is 0 Å². The molecule has 0 aromatic carbocycles. The summed E-state index contributed by atoms with van der Waals surface area (Å²) in [5.41, 5.74) is 0. The molecule has 0 aliphatic carbocycles. The second-order valence-corrected chi connectivity index (χ2v) is 0. The predicted molar refractivity (Wildman–Crippen MR) is 200 cm³/mol. The summed E-state index contributed by atoms with van der Waals surface area (Å²) in [6.45, 7) is 0. The first-order valence-corrected chi connectivity index (χ1v) is 0. The molecule has 4 heteroatoms. The van der Waals surface area contributed by atoms with Gasteiger partial charge in [0.25, 0.3) is 0 Å². The molecule has 222 valence electrons. The van der Waals surface area contributed by atoms with E-state index in [1.54, 1.807) is 0 Å². The maximum absolute atomic E-state index is 6.12. The van der Waals surface area contributed by atoms with Crippen LogP contribution in [0.1, 0.15) is 167 Å². The molecule has 0 rings (SSSR count). The van der Waals surface area contributed by atoms with Gasteiger partial charge in [0, 0.05) is 18.8 Å². The molecule has 0 unspecified atom stereocenters. The maximum atomic E-state index is 6.12. The van der Waals surface area contributed by atoms with E-state index in [0.717, 1.165) is 0 Å². The first kappa shape index (κ1) is 81.2. The number of halogens is 4. The van der Waals surface area contributed by atoms with E-state index in [1.807, 2.05) is 0 Å². The van der Waals surface area contributed by atoms with E-state index in [0.29, 0.717) is 0 Å². The van der Waals surface area contributed by atoms with Crippen molar-refractivity contribution in [3.05, 3.63) is 0 Å². The molecule has 0 aliphatic heterocycles. The van der Waals surface area contributed by atoms with E-state index in [4.69, 9.17) is 11.9 Å². The van der Waals surface area contributed by atoms with Gasteiger partial charge in [-0.25, -0.2) is 0 Å². The third-order valence-electron chi connectivity index (χ3n) is 0. The Morgan fingerprint density at radius 1 is 0.667 bits per heavy atom. The third-order valence-corrected chi connectivity index (χ3v) is 0. The van der Waals surface area contributed by atoms with Crippen molar-refractivity contribution in [2.24, 2.45) is 0 Å². The van der Waals surface area contributed by atoms with Crippen LogP contribution < -0.4 is 46.8 Å². The molecule has 0 nitrogen and oxygen atoms in total. The van der Waals surface area contributed by atoms with Gasteiger partial charge in [0.1, 0.15) is 0.594 Å². The average Bonchev–Trinajstić information content (AvgIpc) is 2.24. The zero-order valence-electron chi connectivity index (χ0n) is 15.5. The van der Waals surface area contributed by atoms with Crippen molar-refractivity contribution in [1.82, 2.24) is 0 Å². The molecule has 0 spiro atoms. The topological polar surface area (TPSA) is 0 Å². The molecule has 0 aliphatic rings. The molecular weight excluding hydrogens is 748 g/mol. The SMILES string of the molecule is C.C.C.C.C.C.C.C.C.C.C.C.C.C.C.C.C.C.C.C.[3HH].[3HH].[3H]I.[3H]I([3H])[3H].[3H][3H].[3H][3H].[3H][I-]([3H])([3H])[3H].[3H][I-][3H].[HH].[HH].[HH].[HH].[HH].[HH].[HH]. The normalized spacial score (nSPS) is 7.29. The maximum Gasteiger partial charge on any atom is 0 e. The van der Waals surface area contributed by atoms with Crippen LogP contribution in [0.15, 0.2) is 0 Å². The minimum absolute atomic E-state index is 0. The van der Waals surface area contributed by atoms with Gasteiger partial charge in [0.05, 0.1) is 0 Å². The van der Waals surface area contributed by atoms with Crippen LogP contribution in [0.2, 0.25) is 0 Å². The largest absolute Gasteiger partial charge is 0 e. The number of hydrogen-bond donors (Lipinski definition) is 0. The molecule has 0 amide bonds. The zero-order chi connectivity index (χ0) is 16.8. The Hall–Kier alpha value is 2.92. The van der Waals surface area contributed by atoms with E-state index < -0.39 is 70.1 Å². The summed E-state index contributed by atoms with van der Waals surface area (Å²) in [5.74, 6) is 0. The number of hydrogen-bond acceptors (Lipinski definition) is 0. The van der Waals surface area contributed by atoms with Crippen LogP contribution in [0.3, 0.4) is 0 Å². The van der Waals surface area contributed by atoms with Gasteiger partial charge < -0.3 is 0 Å². The monoisotopic (exact) mass is 893 g/mol. The predicted octanol–water partition coefficient (Wildman–Crippen LogP) is 8.53. The summed E-state index contributed by atoms with van der Waals surface area (Å²) < 4.78 is 80.4. The van der Waals surface area contributed by atoms with Crippen molar-refractivity contribution in [2.45, 2.75) is 149 Å². The minimum Gasteiger partial charge on any atom is 0 e. The van der Waals surface area contributed by atoms with Crippen LogP contribution in [0.25, 0.3) is 0 Å². The molecule has 24 heavy (non-hydrogen) atoms. The molecule has 0 heterocycles. The van der Waals surface area contributed by atoms with Crippen LogP contribution in [-0.2, 0) is 0 Å². The summed E-state index contributed by atoms with van der Waals surface area (Å²) in [6, 6.07) is 0. The van der Waals surface area contributed by atoms with Gasteiger partial charge in [-0.15, -0.1) is 23.8 Å². The Labute approximate surface area is 265 Å². The summed E-state index contributed by atoms with van der Waals surface area (Å²) in [7, 11) is 0. The van der Waals surface area contributed by atoms with E-state index in [2.05, 4.69) is 0 Å². The quantitative estimate of drug-likeness (QED) is 0.214. The van der Waals surface area contributed by atoms with Gasteiger partial charge >= 0.3 is 75.5 Å². The van der Waals surface area contributed by atoms with Crippen LogP contribution in [0.4, 0.5) is 0 Å². The van der Waals surface area contributed by atoms with Crippen LogP contribution in [-0.4, -0.2) is 5.94 Å². The fraction of sp³-hybridized carbons (Fsp3) is 1.00. The summed E-state index contributed by atoms with van der Waals surface area (Å²) in [4.78, 5) is 0. The fourth-order valence-electron chi connectivity index (χ4n) is 0. The van der Waals surface area contributed by atoms with Crippen LogP contribution >= 0.6 is 47.2 Å². The van der Waals surface area contributed by atoms with Crippen molar-refractivity contribution in [3.63, 3.8) is 0 Å². The summed E-state index contributed by atoms with van der Waals surface area (Å²) >= 11 is -5.96.